The molecule has 7 heteroatoms. The van der Waals surface area contributed by atoms with E-state index in [2.05, 4.69) is 15.7 Å². The number of aromatic nitrogens is 2. The van der Waals surface area contributed by atoms with Gasteiger partial charge in [0.1, 0.15) is 5.82 Å². The number of hydrogen-bond donors (Lipinski definition) is 2. The molecule has 1 aromatic carbocycles. The Morgan fingerprint density at radius 3 is 2.60 bits per heavy atom. The molecule has 2 aromatic rings. The SMILES string of the molecule is COCCCNC(=O)c1cc(NC(=O)C(C)C)n(-c2ccccc2)n1. The Kier molecular flexibility index (Phi) is 6.71. The number of para-hydroxylation sites is 1. The minimum absolute atomic E-state index is 0.135. The van der Waals surface area contributed by atoms with Crippen molar-refractivity contribution in [3.8, 4) is 5.69 Å². The summed E-state index contributed by atoms with van der Waals surface area (Å²) in [6.07, 6.45) is 0.721. The van der Waals surface area contributed by atoms with E-state index in [1.807, 2.05) is 44.2 Å². The largest absolute Gasteiger partial charge is 0.385 e. The van der Waals surface area contributed by atoms with Crippen LogP contribution in [0.5, 0.6) is 0 Å². The van der Waals surface area contributed by atoms with E-state index < -0.39 is 0 Å². The summed E-state index contributed by atoms with van der Waals surface area (Å²) in [6.45, 7) is 4.69. The normalized spacial score (nSPS) is 10.7. The fraction of sp³-hybridized carbons (Fsp3) is 0.389. The van der Waals surface area contributed by atoms with Gasteiger partial charge < -0.3 is 15.4 Å². The minimum Gasteiger partial charge on any atom is -0.385 e. The Hall–Kier alpha value is -2.67. The third-order valence-electron chi connectivity index (χ3n) is 3.53. The van der Waals surface area contributed by atoms with Crippen LogP contribution in [0.4, 0.5) is 5.82 Å². The standard InChI is InChI=1S/C18H24N4O3/c1-13(2)17(23)20-16-12-15(18(24)19-10-7-11-25-3)21-22(16)14-8-5-4-6-9-14/h4-6,8-9,12-13H,7,10-11H2,1-3H3,(H,19,24)(H,20,23). The first kappa shape index (κ1) is 18.7. The molecule has 134 valence electrons. The van der Waals surface area contributed by atoms with Gasteiger partial charge in [-0.25, -0.2) is 4.68 Å². The first-order valence-corrected chi connectivity index (χ1v) is 8.26. The quantitative estimate of drug-likeness (QED) is 0.719. The van der Waals surface area contributed by atoms with Crippen LogP contribution in [-0.4, -0.2) is 41.9 Å². The fourth-order valence-corrected chi connectivity index (χ4v) is 2.13. The average molecular weight is 344 g/mol. The zero-order valence-electron chi connectivity index (χ0n) is 14.8. The number of amides is 2. The molecule has 25 heavy (non-hydrogen) atoms. The molecule has 0 atom stereocenters. The van der Waals surface area contributed by atoms with Crippen molar-refractivity contribution in [1.82, 2.24) is 15.1 Å². The molecule has 0 unspecified atom stereocenters. The van der Waals surface area contributed by atoms with Gasteiger partial charge in [0.05, 0.1) is 5.69 Å². The van der Waals surface area contributed by atoms with Crippen LogP contribution in [0.15, 0.2) is 36.4 Å². The van der Waals surface area contributed by atoms with Crippen LogP contribution < -0.4 is 10.6 Å². The highest BCUT2D eigenvalue weighted by atomic mass is 16.5. The van der Waals surface area contributed by atoms with Crippen LogP contribution in [0.25, 0.3) is 5.69 Å². The number of anilines is 1. The molecule has 0 fully saturated rings. The van der Waals surface area contributed by atoms with Crippen molar-refractivity contribution in [2.45, 2.75) is 20.3 Å². The van der Waals surface area contributed by atoms with E-state index in [1.165, 1.54) is 0 Å². The van der Waals surface area contributed by atoms with Crippen LogP contribution in [-0.2, 0) is 9.53 Å². The predicted octanol–water partition coefficient (Wildman–Crippen LogP) is 2.23. The maximum Gasteiger partial charge on any atom is 0.271 e. The second kappa shape index (κ2) is 8.98. The molecule has 2 rings (SSSR count). The molecular formula is C18H24N4O3. The molecule has 0 radical (unpaired) electrons. The van der Waals surface area contributed by atoms with E-state index in [4.69, 9.17) is 4.74 Å². The number of benzene rings is 1. The van der Waals surface area contributed by atoms with Crippen molar-refractivity contribution in [3.63, 3.8) is 0 Å². The Balaban J connectivity index is 2.23. The van der Waals surface area contributed by atoms with Gasteiger partial charge in [0.2, 0.25) is 5.91 Å². The number of carbonyl (C=O) groups excluding carboxylic acids is 2. The zero-order valence-corrected chi connectivity index (χ0v) is 14.8. The van der Waals surface area contributed by atoms with Gasteiger partial charge in [0.25, 0.3) is 5.91 Å². The summed E-state index contributed by atoms with van der Waals surface area (Å²) in [7, 11) is 1.62. The molecule has 0 bridgehead atoms. The Morgan fingerprint density at radius 1 is 1.24 bits per heavy atom. The number of methoxy groups -OCH3 is 1. The third kappa shape index (κ3) is 5.15. The van der Waals surface area contributed by atoms with E-state index in [9.17, 15) is 9.59 Å². The van der Waals surface area contributed by atoms with Crippen molar-refractivity contribution in [2.24, 2.45) is 5.92 Å². The molecule has 0 aliphatic heterocycles. The third-order valence-corrected chi connectivity index (χ3v) is 3.53. The van der Waals surface area contributed by atoms with Crippen molar-refractivity contribution < 1.29 is 14.3 Å². The zero-order chi connectivity index (χ0) is 18.2. The summed E-state index contributed by atoms with van der Waals surface area (Å²) in [4.78, 5) is 24.3. The van der Waals surface area contributed by atoms with Gasteiger partial charge in [0.15, 0.2) is 5.69 Å². The lowest BCUT2D eigenvalue weighted by Crippen LogP contribution is -2.25. The lowest BCUT2D eigenvalue weighted by molar-refractivity contribution is -0.118. The van der Waals surface area contributed by atoms with Crippen molar-refractivity contribution in [1.29, 1.82) is 0 Å². The number of nitrogens with one attached hydrogen (secondary N) is 2. The van der Waals surface area contributed by atoms with E-state index in [-0.39, 0.29) is 23.4 Å². The lowest BCUT2D eigenvalue weighted by Gasteiger charge is -2.10. The summed E-state index contributed by atoms with van der Waals surface area (Å²) in [5.41, 5.74) is 1.01. The molecule has 0 saturated carbocycles. The van der Waals surface area contributed by atoms with Crippen LogP contribution in [0.2, 0.25) is 0 Å². The van der Waals surface area contributed by atoms with Gasteiger partial charge in [-0.3, -0.25) is 9.59 Å². The highest BCUT2D eigenvalue weighted by Gasteiger charge is 2.18. The molecule has 0 saturated heterocycles. The summed E-state index contributed by atoms with van der Waals surface area (Å²) >= 11 is 0. The molecule has 2 amide bonds. The Morgan fingerprint density at radius 2 is 1.96 bits per heavy atom. The predicted molar refractivity (Wildman–Crippen MR) is 95.9 cm³/mol. The van der Waals surface area contributed by atoms with Crippen LogP contribution in [0, 0.1) is 5.92 Å². The molecule has 1 aromatic heterocycles. The molecule has 0 spiro atoms. The smallest absolute Gasteiger partial charge is 0.271 e. The van der Waals surface area contributed by atoms with Gasteiger partial charge in [0, 0.05) is 32.2 Å². The van der Waals surface area contributed by atoms with Crippen molar-refractivity contribution >= 4 is 17.6 Å². The first-order valence-electron chi connectivity index (χ1n) is 8.26. The molecule has 1 heterocycles. The minimum atomic E-state index is -0.286. The number of nitrogens with zero attached hydrogens (tertiary/aromatic N) is 2. The fourth-order valence-electron chi connectivity index (χ4n) is 2.13. The van der Waals surface area contributed by atoms with Crippen LogP contribution >= 0.6 is 0 Å². The number of carbonyl (C=O) groups is 2. The van der Waals surface area contributed by atoms with Gasteiger partial charge in [-0.05, 0) is 18.6 Å². The van der Waals surface area contributed by atoms with Crippen molar-refractivity contribution in [2.75, 3.05) is 25.6 Å². The molecule has 2 N–H and O–H groups in total. The van der Waals surface area contributed by atoms with Gasteiger partial charge in [-0.15, -0.1) is 0 Å². The second-order valence-corrected chi connectivity index (χ2v) is 5.91. The average Bonchev–Trinajstić information content (AvgIpc) is 3.03. The number of hydrogen-bond acceptors (Lipinski definition) is 4. The number of rotatable bonds is 8. The van der Waals surface area contributed by atoms with Crippen LogP contribution in [0.3, 0.4) is 0 Å². The van der Waals surface area contributed by atoms with E-state index >= 15 is 0 Å². The topological polar surface area (TPSA) is 85.3 Å². The summed E-state index contributed by atoms with van der Waals surface area (Å²) in [5.74, 6) is -0.132. The molecule has 0 aliphatic carbocycles. The van der Waals surface area contributed by atoms with E-state index in [0.717, 1.165) is 12.1 Å². The maximum atomic E-state index is 12.3. The van der Waals surface area contributed by atoms with E-state index in [0.29, 0.717) is 19.0 Å². The molecular weight excluding hydrogens is 320 g/mol. The molecule has 0 aliphatic rings. The van der Waals surface area contributed by atoms with Gasteiger partial charge in [-0.2, -0.15) is 5.10 Å². The van der Waals surface area contributed by atoms with E-state index in [1.54, 1.807) is 17.9 Å². The highest BCUT2D eigenvalue weighted by molar-refractivity contribution is 5.96. The van der Waals surface area contributed by atoms with Crippen molar-refractivity contribution in [3.05, 3.63) is 42.1 Å². The molecule has 7 nitrogen and oxygen atoms in total. The summed E-state index contributed by atoms with van der Waals surface area (Å²) < 4.78 is 6.52. The van der Waals surface area contributed by atoms with Gasteiger partial charge in [-0.1, -0.05) is 32.0 Å². The number of ether oxygens (including phenoxy) is 1. The summed E-state index contributed by atoms with van der Waals surface area (Å²) in [5, 5.41) is 9.97. The van der Waals surface area contributed by atoms with Crippen LogP contribution in [0.1, 0.15) is 30.8 Å². The van der Waals surface area contributed by atoms with Gasteiger partial charge >= 0.3 is 0 Å². The Bertz CT molecular complexity index is 710. The second-order valence-electron chi connectivity index (χ2n) is 5.91. The summed E-state index contributed by atoms with van der Waals surface area (Å²) in [6, 6.07) is 10.9. The lowest BCUT2D eigenvalue weighted by atomic mass is 10.2. The Labute approximate surface area is 147 Å². The monoisotopic (exact) mass is 344 g/mol. The first-order chi connectivity index (χ1) is 12.0. The highest BCUT2D eigenvalue weighted by Crippen LogP contribution is 2.18. The maximum absolute atomic E-state index is 12.3.